The smallest absolute Gasteiger partial charge is 0.744 e. The van der Waals surface area contributed by atoms with Crippen LogP contribution in [0.5, 0.6) is 5.75 Å². The number of rotatable bonds is 20. The van der Waals surface area contributed by atoms with Gasteiger partial charge in [0, 0.05) is 21.4 Å². The van der Waals surface area contributed by atoms with E-state index in [9.17, 15) is 46.7 Å². The van der Waals surface area contributed by atoms with E-state index < -0.39 is 65.1 Å². The number of nitrogens with zero attached hydrogens (tertiary/aromatic N) is 5. The zero-order valence-electron chi connectivity index (χ0n) is 31.0. The SMILES string of the molecule is C.O=S(=O)([O-])c1c(Nc2nc(F)nc(Nc3ccc(SOO[O-])cc3)n2)ccc2c(O)c(N=Nc3ccc(S(=O)(=O)CCOSOO[O-])cc3)c(SOO[O-])cc12.[Na+].[Na+].[Na+].[Na+]. The van der Waals surface area contributed by atoms with Crippen LogP contribution in [0.25, 0.3) is 10.8 Å². The average molecular weight is 984 g/mol. The molecule has 0 radical (unpaired) electrons. The van der Waals surface area contributed by atoms with Crippen LogP contribution in [0.2, 0.25) is 0 Å². The van der Waals surface area contributed by atoms with Crippen LogP contribution < -0.4 is 145 Å². The van der Waals surface area contributed by atoms with Gasteiger partial charge in [0.1, 0.15) is 15.8 Å². The van der Waals surface area contributed by atoms with Crippen molar-refractivity contribution in [2.75, 3.05) is 23.0 Å². The van der Waals surface area contributed by atoms with E-state index in [0.29, 0.717) is 22.6 Å². The van der Waals surface area contributed by atoms with Gasteiger partial charge < -0.3 is 36.1 Å². The molecule has 306 valence electrons. The van der Waals surface area contributed by atoms with Gasteiger partial charge in [0.2, 0.25) is 11.9 Å². The van der Waals surface area contributed by atoms with Gasteiger partial charge in [-0.3, -0.25) is 19.3 Å². The first-order valence-electron chi connectivity index (χ1n) is 14.4. The maximum atomic E-state index is 14.5. The summed E-state index contributed by atoms with van der Waals surface area (Å²) in [6, 6.07) is 14.1. The Bertz CT molecular complexity index is 2430. The zero-order valence-corrected chi connectivity index (χ0v) is 43.1. The fraction of sp³-hybridized carbons (Fsp3) is 0.107. The van der Waals surface area contributed by atoms with Gasteiger partial charge in [-0.05, 0) is 66.7 Å². The second-order valence-corrected chi connectivity index (χ2v) is 15.5. The molecule has 0 unspecified atom stereocenters. The van der Waals surface area contributed by atoms with Crippen molar-refractivity contribution in [3.63, 3.8) is 0 Å². The summed E-state index contributed by atoms with van der Waals surface area (Å²) >= 11 is 0.925. The van der Waals surface area contributed by atoms with Crippen LogP contribution in [0.4, 0.5) is 39.0 Å². The van der Waals surface area contributed by atoms with E-state index in [1.807, 2.05) is 0 Å². The molecule has 1 aromatic heterocycles. The number of aromatic hydroxyl groups is 1. The van der Waals surface area contributed by atoms with Gasteiger partial charge in [-0.15, -0.1) is 9.45 Å². The number of nitrogens with one attached hydrogen (secondary N) is 2. The first-order valence-corrected chi connectivity index (χ1v) is 19.6. The van der Waals surface area contributed by atoms with Crippen LogP contribution in [0.3, 0.4) is 0 Å². The summed E-state index contributed by atoms with van der Waals surface area (Å²) in [6.45, 7) is -0.355. The van der Waals surface area contributed by atoms with E-state index in [1.54, 1.807) is 0 Å². The van der Waals surface area contributed by atoms with Crippen molar-refractivity contribution in [2.24, 2.45) is 10.2 Å². The Balaban J connectivity index is 0.00000720. The van der Waals surface area contributed by atoms with Crippen molar-refractivity contribution in [2.45, 2.75) is 27.0 Å². The van der Waals surface area contributed by atoms with Gasteiger partial charge >= 0.3 is 124 Å². The minimum absolute atomic E-state index is 0. The van der Waals surface area contributed by atoms with Crippen LogP contribution >= 0.6 is 36.4 Å². The number of hydrogen-bond donors (Lipinski definition) is 3. The van der Waals surface area contributed by atoms with Gasteiger partial charge in [0.05, 0.1) is 62.5 Å². The topological polar surface area (TPSA) is 333 Å². The molecule has 4 aromatic carbocycles. The molecule has 0 amide bonds. The van der Waals surface area contributed by atoms with Gasteiger partial charge in [-0.25, -0.2) is 16.8 Å². The minimum Gasteiger partial charge on any atom is -0.744 e. The second kappa shape index (κ2) is 29.3. The minimum atomic E-state index is -5.43. The molecular formula is C28H22FN7Na4O16S5. The number of azo groups is 1. The molecule has 0 saturated heterocycles. The maximum absolute atomic E-state index is 14.5. The molecule has 0 aliphatic heterocycles. The fourth-order valence-corrected chi connectivity index (χ4v) is 7.56. The molecule has 5 rings (SSSR count). The second-order valence-electron chi connectivity index (χ2n) is 10.1. The van der Waals surface area contributed by atoms with Crippen molar-refractivity contribution in [3.05, 3.63) is 72.8 Å². The van der Waals surface area contributed by atoms with Gasteiger partial charge in [-0.2, -0.15) is 33.1 Å². The Hall–Kier alpha value is -0.410. The predicted octanol–water partition coefficient (Wildman–Crippen LogP) is -8.63. The number of fused-ring (bicyclic) bond motifs is 1. The zero-order chi connectivity index (χ0) is 40.3. The fourth-order valence-electron chi connectivity index (χ4n) is 4.48. The molecule has 33 heteroatoms. The third kappa shape index (κ3) is 17.7. The summed E-state index contributed by atoms with van der Waals surface area (Å²) in [6.07, 6.45) is -1.31. The number of sulfone groups is 1. The molecule has 0 fully saturated rings. The Labute approximate surface area is 446 Å². The van der Waals surface area contributed by atoms with E-state index in [4.69, 9.17) is 4.18 Å². The monoisotopic (exact) mass is 983 g/mol. The molecule has 0 bridgehead atoms. The molecule has 0 aliphatic carbocycles. The number of anilines is 4. The Morgan fingerprint density at radius 2 is 1.36 bits per heavy atom. The van der Waals surface area contributed by atoms with Crippen LogP contribution in [-0.4, -0.2) is 53.8 Å². The largest absolute Gasteiger partial charge is 1.00 e. The number of hydrogen-bond acceptors (Lipinski definition) is 26. The number of benzene rings is 4. The summed E-state index contributed by atoms with van der Waals surface area (Å²) in [5.41, 5.74) is -0.478. The molecule has 5 aromatic rings. The molecule has 0 saturated carbocycles. The summed E-state index contributed by atoms with van der Waals surface area (Å²) < 4.78 is 94.8. The van der Waals surface area contributed by atoms with Crippen LogP contribution in [-0.2, 0) is 52.3 Å². The van der Waals surface area contributed by atoms with Crippen LogP contribution in [0.15, 0.2) is 96.5 Å². The van der Waals surface area contributed by atoms with E-state index in [1.165, 1.54) is 54.6 Å². The number of halogens is 1. The van der Waals surface area contributed by atoms with Gasteiger partial charge in [0.25, 0.3) is 0 Å². The number of phenolic OH excluding ortho intramolecular Hbond substituents is 1. The van der Waals surface area contributed by atoms with Crippen molar-refractivity contribution in [3.8, 4) is 5.75 Å². The van der Waals surface area contributed by atoms with Crippen molar-refractivity contribution < 1.29 is 197 Å². The Morgan fingerprint density at radius 1 is 0.754 bits per heavy atom. The van der Waals surface area contributed by atoms with Crippen molar-refractivity contribution in [1.29, 1.82) is 0 Å². The van der Waals surface area contributed by atoms with Crippen LogP contribution in [0.1, 0.15) is 7.43 Å². The van der Waals surface area contributed by atoms with E-state index in [0.717, 1.165) is 12.1 Å². The predicted molar refractivity (Wildman–Crippen MR) is 188 cm³/mol. The van der Waals surface area contributed by atoms with E-state index >= 15 is 0 Å². The summed E-state index contributed by atoms with van der Waals surface area (Å²) in [7, 11) is -9.29. The quantitative estimate of drug-likeness (QED) is 0.0124. The first kappa shape index (κ1) is 60.6. The van der Waals surface area contributed by atoms with Crippen molar-refractivity contribution in [1.82, 2.24) is 15.0 Å². The molecule has 0 aliphatic rings. The molecular weight excluding hydrogens is 962 g/mol. The molecule has 0 spiro atoms. The molecule has 61 heavy (non-hydrogen) atoms. The standard InChI is InChI=1S/C27H22FN7O16S5.CH4.4Na/c28-25-31-26(29-14-1-5-16(6-2-14)52-49-46-37)33-27(32-25)30-20-10-9-18-19(24(20)56(42,43)44)13-21(53-50-47-38)22(23(18)36)35-34-15-3-7-17(8-4-15)55(40,41)12-11-45-54-51-48-39;;;;;/h1-10,13,36-39H,11-12H2,(H,42,43,44)(H2,29,30,31,32,33);1H4;;;;/q;;4*+1/p-4. The van der Waals surface area contributed by atoms with Crippen LogP contribution in [0, 0.1) is 6.08 Å². The summed E-state index contributed by atoms with van der Waals surface area (Å²) in [4.78, 5) is 10.1. The summed E-state index contributed by atoms with van der Waals surface area (Å²) in [5, 5.41) is 63.8. The summed E-state index contributed by atoms with van der Waals surface area (Å²) in [5.74, 6) is -2.16. The maximum Gasteiger partial charge on any atom is 1.00 e. The molecule has 1 heterocycles. The van der Waals surface area contributed by atoms with Gasteiger partial charge in [0.15, 0.2) is 27.9 Å². The Kier molecular flexibility index (Phi) is 29.1. The van der Waals surface area contributed by atoms with Crippen molar-refractivity contribution >= 4 is 102 Å². The first-order chi connectivity index (χ1) is 26.8. The Morgan fingerprint density at radius 3 is 1.97 bits per heavy atom. The average Bonchev–Trinajstić information content (AvgIpc) is 3.15. The molecule has 3 N–H and O–H groups in total. The number of phenols is 1. The molecule has 23 nitrogen and oxygen atoms in total. The molecule has 0 atom stereocenters. The number of aromatic nitrogens is 3. The normalized spacial score (nSPS) is 11.1. The third-order valence-corrected chi connectivity index (χ3v) is 10.9. The van der Waals surface area contributed by atoms with Gasteiger partial charge in [-0.1, -0.05) is 7.43 Å². The third-order valence-electron chi connectivity index (χ3n) is 6.71. The van der Waals surface area contributed by atoms with E-state index in [2.05, 4.69) is 63.9 Å². The van der Waals surface area contributed by atoms with E-state index in [-0.39, 0.29) is 183 Å².